The second kappa shape index (κ2) is 4.93. The summed E-state index contributed by atoms with van der Waals surface area (Å²) in [6.07, 6.45) is 0. The number of carbonyl (C=O) groups excluding carboxylic acids is 1. The third-order valence-electron chi connectivity index (χ3n) is 1.88. The zero-order chi connectivity index (χ0) is 12.3. The number of nitrogen functional groups attached to an aromatic ring is 1. The lowest BCUT2D eigenvalue weighted by Gasteiger charge is -2.18. The normalized spacial score (nSPS) is 12.5. The fourth-order valence-corrected chi connectivity index (χ4v) is 1.30. The number of anilines is 2. The van der Waals surface area contributed by atoms with Gasteiger partial charge in [-0.1, -0.05) is 13.8 Å². The summed E-state index contributed by atoms with van der Waals surface area (Å²) < 4.78 is 0. The van der Waals surface area contributed by atoms with Gasteiger partial charge in [0.05, 0.1) is 0 Å². The summed E-state index contributed by atoms with van der Waals surface area (Å²) in [6, 6.07) is -0.585. The summed E-state index contributed by atoms with van der Waals surface area (Å²) in [5.41, 5.74) is 10.6. The number of hydrogen-bond acceptors (Lipinski definition) is 6. The molecule has 1 unspecified atom stereocenters. The van der Waals surface area contributed by atoms with E-state index in [1.807, 2.05) is 13.8 Å². The third kappa shape index (κ3) is 3.20. The van der Waals surface area contributed by atoms with E-state index >= 15 is 0 Å². The van der Waals surface area contributed by atoms with Crippen molar-refractivity contribution in [1.82, 2.24) is 15.0 Å². The van der Waals surface area contributed by atoms with E-state index in [1.54, 1.807) is 0 Å². The van der Waals surface area contributed by atoms with Gasteiger partial charge in [-0.3, -0.25) is 4.79 Å². The SMILES string of the molecule is CC(C)C(Nc1nc(N)nc(Cl)n1)C(N)=O. The van der Waals surface area contributed by atoms with E-state index in [4.69, 9.17) is 23.1 Å². The number of aromatic nitrogens is 3. The molecule has 1 amide bonds. The number of nitrogens with zero attached hydrogens (tertiary/aromatic N) is 3. The van der Waals surface area contributed by atoms with E-state index in [2.05, 4.69) is 20.3 Å². The molecule has 1 heterocycles. The van der Waals surface area contributed by atoms with Crippen molar-refractivity contribution < 1.29 is 4.79 Å². The number of nitrogens with two attached hydrogens (primary N) is 2. The van der Waals surface area contributed by atoms with Crippen molar-refractivity contribution >= 4 is 29.4 Å². The average molecular weight is 245 g/mol. The topological polar surface area (TPSA) is 120 Å². The van der Waals surface area contributed by atoms with Crippen molar-refractivity contribution in [2.24, 2.45) is 11.7 Å². The first kappa shape index (κ1) is 12.4. The molecule has 1 rings (SSSR count). The number of hydrogen-bond donors (Lipinski definition) is 3. The molecule has 16 heavy (non-hydrogen) atoms. The largest absolute Gasteiger partial charge is 0.368 e. The minimum absolute atomic E-state index is 0.00531. The van der Waals surface area contributed by atoms with Gasteiger partial charge >= 0.3 is 0 Å². The monoisotopic (exact) mass is 244 g/mol. The number of amides is 1. The van der Waals surface area contributed by atoms with Gasteiger partial charge in [0.1, 0.15) is 6.04 Å². The molecule has 0 spiro atoms. The number of carbonyl (C=O) groups is 1. The molecule has 0 bridgehead atoms. The Hall–Kier alpha value is -1.63. The van der Waals surface area contributed by atoms with Gasteiger partial charge < -0.3 is 16.8 Å². The second-order valence-corrected chi connectivity index (χ2v) is 3.89. The third-order valence-corrected chi connectivity index (χ3v) is 2.05. The summed E-state index contributed by atoms with van der Waals surface area (Å²) in [5, 5.41) is 2.72. The van der Waals surface area contributed by atoms with Crippen LogP contribution >= 0.6 is 11.6 Å². The minimum Gasteiger partial charge on any atom is -0.368 e. The molecule has 7 nitrogen and oxygen atoms in total. The van der Waals surface area contributed by atoms with Crippen molar-refractivity contribution in [2.45, 2.75) is 19.9 Å². The number of nitrogens with one attached hydrogen (secondary N) is 1. The van der Waals surface area contributed by atoms with E-state index in [0.29, 0.717) is 0 Å². The highest BCUT2D eigenvalue weighted by molar-refractivity contribution is 6.28. The van der Waals surface area contributed by atoms with Gasteiger partial charge in [-0.25, -0.2) is 0 Å². The number of primary amides is 1. The first-order valence-corrected chi connectivity index (χ1v) is 5.01. The van der Waals surface area contributed by atoms with Crippen LogP contribution in [0.4, 0.5) is 11.9 Å². The Morgan fingerprint density at radius 1 is 1.38 bits per heavy atom. The van der Waals surface area contributed by atoms with E-state index < -0.39 is 11.9 Å². The molecule has 0 aliphatic rings. The lowest BCUT2D eigenvalue weighted by Crippen LogP contribution is -2.40. The minimum atomic E-state index is -0.585. The van der Waals surface area contributed by atoms with Crippen LogP contribution in [0.25, 0.3) is 0 Å². The van der Waals surface area contributed by atoms with Crippen LogP contribution in [-0.4, -0.2) is 26.9 Å². The van der Waals surface area contributed by atoms with Gasteiger partial charge in [0.15, 0.2) is 0 Å². The van der Waals surface area contributed by atoms with Gasteiger partial charge in [-0.2, -0.15) is 15.0 Å². The zero-order valence-corrected chi connectivity index (χ0v) is 9.69. The predicted octanol–water partition coefficient (Wildman–Crippen LogP) is 0.0290. The summed E-state index contributed by atoms with van der Waals surface area (Å²) in [7, 11) is 0. The van der Waals surface area contributed by atoms with Gasteiger partial charge in [0.25, 0.3) is 0 Å². The molecule has 0 aromatic carbocycles. The van der Waals surface area contributed by atoms with Crippen LogP contribution in [-0.2, 0) is 4.79 Å². The van der Waals surface area contributed by atoms with Crippen LogP contribution in [0.3, 0.4) is 0 Å². The Labute approximate surface area is 97.6 Å². The van der Waals surface area contributed by atoms with E-state index in [0.717, 1.165) is 0 Å². The standard InChI is InChI=1S/C8H13ClN6O/c1-3(2)4(5(10)16)12-8-14-6(9)13-7(11)15-8/h3-4H,1-2H3,(H2,10,16)(H3,11,12,13,14,15). The summed E-state index contributed by atoms with van der Waals surface area (Å²) in [4.78, 5) is 22.3. The van der Waals surface area contributed by atoms with Crippen molar-refractivity contribution in [1.29, 1.82) is 0 Å². The van der Waals surface area contributed by atoms with Gasteiger partial charge in [0.2, 0.25) is 23.1 Å². The first-order valence-electron chi connectivity index (χ1n) is 4.63. The maximum atomic E-state index is 11.1. The Balaban J connectivity index is 2.89. The van der Waals surface area contributed by atoms with Crippen LogP contribution in [0.2, 0.25) is 5.28 Å². The molecule has 0 saturated carbocycles. The highest BCUT2D eigenvalue weighted by Gasteiger charge is 2.20. The summed E-state index contributed by atoms with van der Waals surface area (Å²) in [5.74, 6) is -0.385. The average Bonchev–Trinajstić information content (AvgIpc) is 2.11. The molecule has 1 aromatic heterocycles. The summed E-state index contributed by atoms with van der Waals surface area (Å²) >= 11 is 5.59. The maximum absolute atomic E-state index is 11.1. The van der Waals surface area contributed by atoms with Crippen LogP contribution < -0.4 is 16.8 Å². The smallest absolute Gasteiger partial charge is 0.240 e. The second-order valence-electron chi connectivity index (χ2n) is 3.55. The van der Waals surface area contributed by atoms with Crippen molar-refractivity contribution in [2.75, 3.05) is 11.1 Å². The fourth-order valence-electron chi connectivity index (χ4n) is 1.14. The lowest BCUT2D eigenvalue weighted by molar-refractivity contribution is -0.119. The van der Waals surface area contributed by atoms with Gasteiger partial charge in [0, 0.05) is 0 Å². The fraction of sp³-hybridized carbons (Fsp3) is 0.500. The maximum Gasteiger partial charge on any atom is 0.240 e. The molecular formula is C8H13ClN6O. The molecule has 5 N–H and O–H groups in total. The van der Waals surface area contributed by atoms with Crippen molar-refractivity contribution in [3.05, 3.63) is 5.28 Å². The molecular weight excluding hydrogens is 232 g/mol. The molecule has 88 valence electrons. The van der Waals surface area contributed by atoms with Crippen LogP contribution in [0.1, 0.15) is 13.8 Å². The van der Waals surface area contributed by atoms with E-state index in [-0.39, 0.29) is 23.1 Å². The Morgan fingerprint density at radius 3 is 2.44 bits per heavy atom. The Kier molecular flexibility index (Phi) is 3.83. The zero-order valence-electron chi connectivity index (χ0n) is 8.94. The molecule has 0 fully saturated rings. The van der Waals surface area contributed by atoms with Gasteiger partial charge in [-0.05, 0) is 17.5 Å². The Bertz CT molecular complexity index is 376. The predicted molar refractivity (Wildman–Crippen MR) is 60.7 cm³/mol. The van der Waals surface area contributed by atoms with E-state index in [9.17, 15) is 4.79 Å². The Morgan fingerprint density at radius 2 is 2.00 bits per heavy atom. The number of rotatable bonds is 4. The molecule has 0 saturated heterocycles. The first-order chi connectivity index (χ1) is 7.40. The molecule has 8 heteroatoms. The van der Waals surface area contributed by atoms with Gasteiger partial charge in [-0.15, -0.1) is 0 Å². The van der Waals surface area contributed by atoms with Crippen molar-refractivity contribution in [3.8, 4) is 0 Å². The van der Waals surface area contributed by atoms with Crippen LogP contribution in [0.5, 0.6) is 0 Å². The van der Waals surface area contributed by atoms with Crippen molar-refractivity contribution in [3.63, 3.8) is 0 Å². The molecule has 0 radical (unpaired) electrons. The number of halogens is 1. The highest BCUT2D eigenvalue weighted by atomic mass is 35.5. The molecule has 1 aromatic rings. The van der Waals surface area contributed by atoms with Crippen LogP contribution in [0.15, 0.2) is 0 Å². The molecule has 0 aliphatic heterocycles. The quantitative estimate of drug-likeness (QED) is 0.687. The van der Waals surface area contributed by atoms with E-state index in [1.165, 1.54) is 0 Å². The highest BCUT2D eigenvalue weighted by Crippen LogP contribution is 2.11. The molecule has 1 atom stereocenters. The molecule has 0 aliphatic carbocycles. The summed E-state index contributed by atoms with van der Waals surface area (Å²) in [6.45, 7) is 3.68. The van der Waals surface area contributed by atoms with Crippen LogP contribution in [0, 0.1) is 5.92 Å². The lowest BCUT2D eigenvalue weighted by atomic mass is 10.0.